The van der Waals surface area contributed by atoms with Gasteiger partial charge in [0.25, 0.3) is 5.91 Å². The number of fused-ring (bicyclic) bond motifs is 1. The van der Waals surface area contributed by atoms with E-state index in [9.17, 15) is 4.79 Å². The van der Waals surface area contributed by atoms with Gasteiger partial charge in [0, 0.05) is 37.2 Å². The van der Waals surface area contributed by atoms with Gasteiger partial charge in [-0.3, -0.25) is 15.0 Å². The molecule has 3 aromatic heterocycles. The topological polar surface area (TPSA) is 121 Å². The molecule has 1 aliphatic heterocycles. The van der Waals surface area contributed by atoms with E-state index in [1.807, 2.05) is 4.90 Å². The van der Waals surface area contributed by atoms with Gasteiger partial charge in [0.15, 0.2) is 5.82 Å². The zero-order chi connectivity index (χ0) is 16.8. The minimum atomic E-state index is -0.0575. The molecule has 0 bridgehead atoms. The molecule has 0 aromatic carbocycles. The summed E-state index contributed by atoms with van der Waals surface area (Å²) < 4.78 is 1.41. The lowest BCUT2D eigenvalue weighted by Gasteiger charge is -2.19. The number of aromatic amines is 2. The number of rotatable bonds is 3. The lowest BCUT2D eigenvalue weighted by molar-refractivity contribution is 0.0756. The van der Waals surface area contributed by atoms with Crippen LogP contribution in [0.2, 0.25) is 0 Å². The van der Waals surface area contributed by atoms with Gasteiger partial charge in [-0.15, -0.1) is 5.10 Å². The van der Waals surface area contributed by atoms with Crippen LogP contribution >= 0.6 is 0 Å². The highest BCUT2D eigenvalue weighted by atomic mass is 16.2. The molecule has 3 aromatic rings. The summed E-state index contributed by atoms with van der Waals surface area (Å²) in [7, 11) is 0. The van der Waals surface area contributed by atoms with E-state index in [0.717, 1.165) is 12.8 Å². The van der Waals surface area contributed by atoms with Crippen molar-refractivity contribution in [3.8, 4) is 5.82 Å². The van der Waals surface area contributed by atoms with Crippen LogP contribution in [0.4, 0.5) is 0 Å². The second-order valence-corrected chi connectivity index (χ2v) is 6.53. The number of amides is 1. The van der Waals surface area contributed by atoms with Crippen molar-refractivity contribution in [2.24, 2.45) is 0 Å². The molecule has 0 unspecified atom stereocenters. The number of carbonyl (C=O) groups excluding carboxylic acids is 1. The first-order valence-electron chi connectivity index (χ1n) is 8.43. The predicted molar refractivity (Wildman–Crippen MR) is 85.2 cm³/mol. The van der Waals surface area contributed by atoms with Gasteiger partial charge in [-0.2, -0.15) is 14.9 Å². The van der Waals surface area contributed by atoms with Crippen LogP contribution in [-0.4, -0.2) is 64.5 Å². The Morgan fingerprint density at radius 2 is 2.04 bits per heavy atom. The first-order chi connectivity index (χ1) is 12.3. The number of carbonyl (C=O) groups is 1. The highest BCUT2D eigenvalue weighted by molar-refractivity contribution is 5.92. The van der Waals surface area contributed by atoms with E-state index < -0.39 is 0 Å². The van der Waals surface area contributed by atoms with E-state index in [0.29, 0.717) is 30.5 Å². The average Bonchev–Trinajstić information content (AvgIpc) is 3.03. The van der Waals surface area contributed by atoms with Crippen LogP contribution in [-0.2, 0) is 12.8 Å². The lowest BCUT2D eigenvalue weighted by atomic mass is 10.1. The fraction of sp³-hybridized carbons (Fsp3) is 0.467. The second-order valence-electron chi connectivity index (χ2n) is 6.53. The van der Waals surface area contributed by atoms with Crippen molar-refractivity contribution in [3.05, 3.63) is 35.0 Å². The van der Waals surface area contributed by atoms with E-state index in [1.54, 1.807) is 6.07 Å². The third-order valence-electron chi connectivity index (χ3n) is 4.88. The minimum absolute atomic E-state index is 0.0575. The summed E-state index contributed by atoms with van der Waals surface area (Å²) in [4.78, 5) is 14.7. The first kappa shape index (κ1) is 14.3. The fourth-order valence-corrected chi connectivity index (χ4v) is 3.38. The Morgan fingerprint density at radius 3 is 2.84 bits per heavy atom. The van der Waals surface area contributed by atoms with Gasteiger partial charge in [0.1, 0.15) is 12.0 Å². The molecule has 2 aliphatic rings. The third-order valence-corrected chi connectivity index (χ3v) is 4.88. The summed E-state index contributed by atoms with van der Waals surface area (Å²) in [6, 6.07) is 1.67. The maximum Gasteiger partial charge on any atom is 0.271 e. The van der Waals surface area contributed by atoms with Crippen molar-refractivity contribution in [1.29, 1.82) is 0 Å². The monoisotopic (exact) mass is 339 g/mol. The van der Waals surface area contributed by atoms with Crippen LogP contribution in [0.1, 0.15) is 46.2 Å². The maximum absolute atomic E-state index is 12.8. The highest BCUT2D eigenvalue weighted by Gasteiger charge is 2.32. The Kier molecular flexibility index (Phi) is 3.15. The predicted octanol–water partition coefficient (Wildman–Crippen LogP) is 0.227. The van der Waals surface area contributed by atoms with Crippen molar-refractivity contribution in [3.63, 3.8) is 0 Å². The summed E-state index contributed by atoms with van der Waals surface area (Å²) in [6.07, 6.45) is 5.55. The van der Waals surface area contributed by atoms with E-state index in [1.165, 1.54) is 40.8 Å². The van der Waals surface area contributed by atoms with Crippen LogP contribution in [0.5, 0.6) is 0 Å². The lowest BCUT2D eigenvalue weighted by Crippen LogP contribution is -2.33. The van der Waals surface area contributed by atoms with E-state index in [-0.39, 0.29) is 5.91 Å². The van der Waals surface area contributed by atoms with Gasteiger partial charge in [-0.1, -0.05) is 0 Å². The molecule has 10 nitrogen and oxygen atoms in total. The van der Waals surface area contributed by atoms with Crippen LogP contribution in [0.15, 0.2) is 12.4 Å². The van der Waals surface area contributed by atoms with Gasteiger partial charge >= 0.3 is 0 Å². The number of hydrogen-bond donors (Lipinski definition) is 2. The Bertz CT molecular complexity index is 905. The molecule has 0 atom stereocenters. The van der Waals surface area contributed by atoms with Crippen LogP contribution in [0.25, 0.3) is 5.82 Å². The van der Waals surface area contributed by atoms with Crippen LogP contribution in [0.3, 0.4) is 0 Å². The number of tetrazole rings is 1. The number of H-pyrrole nitrogens is 2. The number of nitrogens with one attached hydrogen (secondary N) is 2. The molecule has 4 heterocycles. The molecule has 1 amide bonds. The van der Waals surface area contributed by atoms with E-state index in [4.69, 9.17) is 0 Å². The van der Waals surface area contributed by atoms with Gasteiger partial charge in [0.2, 0.25) is 0 Å². The second kappa shape index (κ2) is 5.50. The van der Waals surface area contributed by atoms with Crippen molar-refractivity contribution < 1.29 is 4.79 Å². The number of nitrogens with zero attached hydrogens (tertiary/aromatic N) is 7. The van der Waals surface area contributed by atoms with Crippen molar-refractivity contribution in [2.45, 2.75) is 31.6 Å². The Hall–Kier alpha value is -3.04. The molecule has 128 valence electrons. The quantitative estimate of drug-likeness (QED) is 0.704. The molecule has 10 heteroatoms. The molecule has 0 spiro atoms. The summed E-state index contributed by atoms with van der Waals surface area (Å²) in [5.74, 6) is 1.06. The number of hydrogen-bond acceptors (Lipinski definition) is 6. The standard InChI is InChI=1S/C15H17N9O/c25-15(12-7-13(19-18-12)24-8-16-21-22-24)23-5-3-10-11(4-6-23)17-20-14(10)9-1-2-9/h7-9H,1-6H2,(H,17,20)(H,18,19). The summed E-state index contributed by atoms with van der Waals surface area (Å²) >= 11 is 0. The molecule has 25 heavy (non-hydrogen) atoms. The Morgan fingerprint density at radius 1 is 1.16 bits per heavy atom. The molecule has 1 aliphatic carbocycles. The molecule has 5 rings (SSSR count). The molecule has 0 radical (unpaired) electrons. The zero-order valence-electron chi connectivity index (χ0n) is 13.5. The van der Waals surface area contributed by atoms with Gasteiger partial charge in [0.05, 0.1) is 5.69 Å². The average molecular weight is 339 g/mol. The smallest absolute Gasteiger partial charge is 0.271 e. The number of aromatic nitrogens is 8. The SMILES string of the molecule is O=C(c1cc(-n2cnnn2)n[nH]1)N1CCc2[nH]nc(C3CC3)c2CC1. The normalized spacial score (nSPS) is 17.4. The van der Waals surface area contributed by atoms with Gasteiger partial charge in [-0.25, -0.2) is 0 Å². The molecule has 0 saturated heterocycles. The first-order valence-corrected chi connectivity index (χ1v) is 8.43. The van der Waals surface area contributed by atoms with E-state index >= 15 is 0 Å². The fourth-order valence-electron chi connectivity index (χ4n) is 3.38. The molecule has 2 N–H and O–H groups in total. The zero-order valence-corrected chi connectivity index (χ0v) is 13.5. The minimum Gasteiger partial charge on any atom is -0.337 e. The summed E-state index contributed by atoms with van der Waals surface area (Å²) in [6.45, 7) is 1.35. The molecule has 1 fully saturated rings. The van der Waals surface area contributed by atoms with Crippen molar-refractivity contribution >= 4 is 5.91 Å². The van der Waals surface area contributed by atoms with E-state index in [2.05, 4.69) is 35.9 Å². The molecule has 1 saturated carbocycles. The summed E-state index contributed by atoms with van der Waals surface area (Å²) in [5.41, 5.74) is 4.15. The Labute approximate surface area is 142 Å². The van der Waals surface area contributed by atoms with Crippen molar-refractivity contribution in [1.82, 2.24) is 45.5 Å². The highest BCUT2D eigenvalue weighted by Crippen LogP contribution is 2.41. The maximum atomic E-state index is 12.8. The Balaban J connectivity index is 1.33. The summed E-state index contributed by atoms with van der Waals surface area (Å²) in [5, 5.41) is 25.5. The third kappa shape index (κ3) is 2.49. The van der Waals surface area contributed by atoms with Gasteiger partial charge in [-0.05, 0) is 35.3 Å². The van der Waals surface area contributed by atoms with Crippen LogP contribution < -0.4 is 0 Å². The molecular formula is C15H17N9O. The largest absolute Gasteiger partial charge is 0.337 e. The van der Waals surface area contributed by atoms with Crippen LogP contribution in [0, 0.1) is 0 Å². The van der Waals surface area contributed by atoms with Gasteiger partial charge < -0.3 is 4.90 Å². The van der Waals surface area contributed by atoms with Crippen molar-refractivity contribution in [2.75, 3.05) is 13.1 Å². The molecular weight excluding hydrogens is 322 g/mol.